The van der Waals surface area contributed by atoms with E-state index in [0.717, 1.165) is 11.1 Å². The maximum Gasteiger partial charge on any atom is 0.294 e. The van der Waals surface area contributed by atoms with E-state index in [0.29, 0.717) is 32.7 Å². The van der Waals surface area contributed by atoms with Crippen LogP contribution in [0.1, 0.15) is 0 Å². The fraction of sp³-hybridized carbons (Fsp3) is 0. The first-order valence-electron chi connectivity index (χ1n) is 10.2. The van der Waals surface area contributed by atoms with E-state index in [2.05, 4.69) is 0 Å². The predicted molar refractivity (Wildman–Crippen MR) is 143 cm³/mol. The summed E-state index contributed by atoms with van der Waals surface area (Å²) in [6, 6.07) is 27.3. The summed E-state index contributed by atoms with van der Waals surface area (Å²) in [4.78, 5) is -0.491. The average Bonchev–Trinajstić information content (AvgIpc) is 2.81. The Kier molecular flexibility index (Phi) is 8.90. The Morgan fingerprint density at radius 3 is 1.08 bits per heavy atom. The fourth-order valence-electron chi connectivity index (χ4n) is 4.34. The van der Waals surface area contributed by atoms with Crippen molar-refractivity contribution in [1.29, 1.82) is 0 Å². The van der Waals surface area contributed by atoms with Crippen LogP contribution in [0.3, 0.4) is 0 Å². The van der Waals surface area contributed by atoms with Crippen LogP contribution in [0.15, 0.2) is 107 Å². The van der Waals surface area contributed by atoms with Crippen LogP contribution < -0.4 is 0 Å². The van der Waals surface area contributed by atoms with Crippen molar-refractivity contribution in [2.45, 2.75) is 9.79 Å². The van der Waals surface area contributed by atoms with Crippen LogP contribution in [-0.2, 0) is 20.2 Å². The molecule has 0 fully saturated rings. The zero-order chi connectivity index (χ0) is 24.1. The minimum atomic E-state index is -4.46. The van der Waals surface area contributed by atoms with Gasteiger partial charge in [0.25, 0.3) is 20.2 Å². The molecule has 2 radical (unpaired) electrons. The summed E-state index contributed by atoms with van der Waals surface area (Å²) in [5, 5.41) is 2.48. The third-order valence-corrected chi connectivity index (χ3v) is 7.48. The van der Waals surface area contributed by atoms with E-state index in [4.69, 9.17) is 0 Å². The van der Waals surface area contributed by atoms with Gasteiger partial charge in [-0.05, 0) is 68.1 Å². The molecule has 0 spiro atoms. The molecule has 0 aliphatic heterocycles. The van der Waals surface area contributed by atoms with Crippen molar-refractivity contribution in [1.82, 2.24) is 0 Å². The molecule has 172 valence electrons. The van der Waals surface area contributed by atoms with Gasteiger partial charge in [-0.1, -0.05) is 72.8 Å². The van der Waals surface area contributed by atoms with Gasteiger partial charge in [-0.15, -0.1) is 0 Å². The van der Waals surface area contributed by atoms with Crippen LogP contribution in [0.25, 0.3) is 43.8 Å². The van der Waals surface area contributed by atoms with E-state index in [9.17, 15) is 25.9 Å². The molecule has 0 aliphatic rings. The second kappa shape index (κ2) is 11.0. The molecule has 5 rings (SSSR count). The van der Waals surface area contributed by atoms with E-state index in [-0.39, 0.29) is 68.9 Å². The maximum atomic E-state index is 12.0. The smallest absolute Gasteiger partial charge is 0.282 e. The molecule has 0 atom stereocenters. The van der Waals surface area contributed by atoms with Gasteiger partial charge >= 0.3 is 0 Å². The second-order valence-corrected chi connectivity index (χ2v) is 10.7. The second-order valence-electron chi connectivity index (χ2n) is 7.85. The van der Waals surface area contributed by atoms with Gasteiger partial charge in [0.05, 0.1) is 9.79 Å². The summed E-state index contributed by atoms with van der Waals surface area (Å²) in [6.07, 6.45) is 0. The van der Waals surface area contributed by atoms with Crippen LogP contribution in [0.4, 0.5) is 0 Å². The van der Waals surface area contributed by atoms with Crippen LogP contribution in [0, 0.1) is 0 Å². The van der Waals surface area contributed by atoms with E-state index < -0.39 is 20.2 Å². The van der Waals surface area contributed by atoms with Gasteiger partial charge < -0.3 is 0 Å². The van der Waals surface area contributed by atoms with Crippen molar-refractivity contribution in [2.75, 3.05) is 0 Å². The van der Waals surface area contributed by atoms with E-state index in [1.54, 1.807) is 12.1 Å². The first-order chi connectivity index (χ1) is 16.1. The predicted octanol–water partition coefficient (Wildman–Crippen LogP) is 5.06. The normalized spacial score (nSPS) is 11.6. The van der Waals surface area contributed by atoms with Gasteiger partial charge in [0.1, 0.15) is 0 Å². The van der Waals surface area contributed by atoms with Gasteiger partial charge in [0, 0.05) is 59.1 Å². The third kappa shape index (κ3) is 5.49. The molecule has 6 nitrogen and oxygen atoms in total. The standard InChI is InChI=1S/C26H18O6S2.2Na/c27-33(28,29)19-12-14-22-23(15-19)25(17-7-3-1-4-8-17)21-13-11-20(34(30,31)32)16-24(21)26(22)18-9-5-2-6-10-18;;/h1-16H,(H,27,28,29)(H,30,31,32);;. The van der Waals surface area contributed by atoms with Crippen molar-refractivity contribution >= 4 is 101 Å². The number of benzene rings is 5. The molecule has 0 unspecified atom stereocenters. The minimum absolute atomic E-state index is 0. The molecule has 0 aromatic heterocycles. The molecule has 0 aliphatic carbocycles. The monoisotopic (exact) mass is 536 g/mol. The van der Waals surface area contributed by atoms with Crippen LogP contribution in [-0.4, -0.2) is 85.1 Å². The Morgan fingerprint density at radius 1 is 0.444 bits per heavy atom. The van der Waals surface area contributed by atoms with Crippen molar-refractivity contribution in [3.8, 4) is 22.3 Å². The third-order valence-electron chi connectivity index (χ3n) is 5.78. The van der Waals surface area contributed by atoms with Crippen molar-refractivity contribution in [2.24, 2.45) is 0 Å². The maximum absolute atomic E-state index is 12.0. The number of fused-ring (bicyclic) bond motifs is 2. The SMILES string of the molecule is O=S(=O)(O)c1ccc2c(-c3ccccc3)c3cc(S(=O)(=O)O)ccc3c(-c3ccccc3)c2c1.[Na].[Na]. The summed E-state index contributed by atoms with van der Waals surface area (Å²) in [6.45, 7) is 0. The molecule has 5 aromatic carbocycles. The van der Waals surface area contributed by atoms with Crippen LogP contribution >= 0.6 is 0 Å². The van der Waals surface area contributed by atoms with E-state index in [1.807, 2.05) is 60.7 Å². The summed E-state index contributed by atoms with van der Waals surface area (Å²) >= 11 is 0. The van der Waals surface area contributed by atoms with E-state index in [1.165, 1.54) is 24.3 Å². The molecular weight excluding hydrogens is 518 g/mol. The number of rotatable bonds is 4. The van der Waals surface area contributed by atoms with Crippen LogP contribution in [0.5, 0.6) is 0 Å². The minimum Gasteiger partial charge on any atom is -0.282 e. The largest absolute Gasteiger partial charge is 0.294 e. The molecule has 0 saturated heterocycles. The molecule has 5 aromatic rings. The topological polar surface area (TPSA) is 109 Å². The molecule has 10 heteroatoms. The molecule has 0 bridgehead atoms. The average molecular weight is 537 g/mol. The van der Waals surface area contributed by atoms with Gasteiger partial charge in [-0.2, -0.15) is 16.8 Å². The molecule has 0 saturated carbocycles. The fourth-order valence-corrected chi connectivity index (χ4v) is 5.35. The molecular formula is C26H18Na2O6S2. The summed E-state index contributed by atoms with van der Waals surface area (Å²) in [5.41, 5.74) is 2.92. The summed E-state index contributed by atoms with van der Waals surface area (Å²) < 4.78 is 67.3. The van der Waals surface area contributed by atoms with E-state index >= 15 is 0 Å². The summed E-state index contributed by atoms with van der Waals surface area (Å²) in [5.74, 6) is 0. The molecule has 36 heavy (non-hydrogen) atoms. The Bertz CT molecular complexity index is 1650. The van der Waals surface area contributed by atoms with Gasteiger partial charge in [-0.3, -0.25) is 9.11 Å². The summed E-state index contributed by atoms with van der Waals surface area (Å²) in [7, 11) is -8.92. The zero-order valence-electron chi connectivity index (χ0n) is 19.6. The van der Waals surface area contributed by atoms with Crippen molar-refractivity contribution in [3.05, 3.63) is 97.1 Å². The van der Waals surface area contributed by atoms with Crippen LogP contribution in [0.2, 0.25) is 0 Å². The zero-order valence-corrected chi connectivity index (χ0v) is 25.2. The molecule has 2 N–H and O–H groups in total. The number of hydrogen-bond acceptors (Lipinski definition) is 4. The van der Waals surface area contributed by atoms with Crippen molar-refractivity contribution in [3.63, 3.8) is 0 Å². The molecule has 0 amide bonds. The Balaban J connectivity index is 0.00000180. The molecule has 0 heterocycles. The Morgan fingerprint density at radius 2 is 0.778 bits per heavy atom. The number of hydrogen-bond donors (Lipinski definition) is 2. The van der Waals surface area contributed by atoms with Crippen molar-refractivity contribution < 1.29 is 25.9 Å². The Labute approximate surface area is 253 Å². The quantitative estimate of drug-likeness (QED) is 0.189. The van der Waals surface area contributed by atoms with Gasteiger partial charge in [0.15, 0.2) is 0 Å². The van der Waals surface area contributed by atoms with Gasteiger partial charge in [0.2, 0.25) is 0 Å². The first kappa shape index (κ1) is 29.0. The first-order valence-corrected chi connectivity index (χ1v) is 13.1. The Hall–Kier alpha value is -1.56. The van der Waals surface area contributed by atoms with Gasteiger partial charge in [-0.25, -0.2) is 0 Å².